The minimum absolute atomic E-state index is 0.288. The summed E-state index contributed by atoms with van der Waals surface area (Å²) in [6.45, 7) is 0. The first kappa shape index (κ1) is 11.8. The lowest BCUT2D eigenvalue weighted by atomic mass is 10.2. The monoisotopic (exact) mass is 249 g/mol. The topological polar surface area (TPSA) is 43.1 Å². The van der Waals surface area contributed by atoms with Crippen molar-refractivity contribution in [1.29, 1.82) is 0 Å². The van der Waals surface area contributed by atoms with Gasteiger partial charge >= 0.3 is 0 Å². The minimum atomic E-state index is -1.15. The highest BCUT2D eigenvalue weighted by molar-refractivity contribution is 7.84. The molecule has 2 rings (SSSR count). The molecule has 2 aromatic rings. The van der Waals surface area contributed by atoms with Crippen LogP contribution in [0, 0.1) is 5.82 Å². The third kappa shape index (κ3) is 3.14. The maximum atomic E-state index is 12.7. The van der Waals surface area contributed by atoms with E-state index in [1.54, 1.807) is 36.4 Å². The van der Waals surface area contributed by atoms with Crippen molar-refractivity contribution in [2.24, 2.45) is 0 Å². The van der Waals surface area contributed by atoms with E-state index in [4.69, 9.17) is 5.73 Å². The lowest BCUT2D eigenvalue weighted by Gasteiger charge is -2.03. The van der Waals surface area contributed by atoms with E-state index in [0.717, 1.165) is 5.56 Å². The molecule has 2 nitrogen and oxygen atoms in total. The molecule has 88 valence electrons. The zero-order chi connectivity index (χ0) is 12.3. The van der Waals surface area contributed by atoms with Crippen LogP contribution in [0.15, 0.2) is 53.4 Å². The Bertz CT molecular complexity index is 539. The van der Waals surface area contributed by atoms with Crippen molar-refractivity contribution in [1.82, 2.24) is 0 Å². The molecule has 0 saturated carbocycles. The van der Waals surface area contributed by atoms with Crippen molar-refractivity contribution >= 4 is 16.5 Å². The SMILES string of the molecule is Nc1cccc(S(=O)Cc2ccc(F)cc2)c1. The van der Waals surface area contributed by atoms with E-state index in [0.29, 0.717) is 16.3 Å². The normalized spacial score (nSPS) is 12.3. The van der Waals surface area contributed by atoms with E-state index in [2.05, 4.69) is 0 Å². The number of rotatable bonds is 3. The van der Waals surface area contributed by atoms with Crippen LogP contribution in [0.25, 0.3) is 0 Å². The van der Waals surface area contributed by atoms with E-state index in [1.165, 1.54) is 12.1 Å². The Hall–Kier alpha value is -1.68. The molecule has 1 atom stereocenters. The van der Waals surface area contributed by atoms with Gasteiger partial charge in [0, 0.05) is 10.6 Å². The number of hydrogen-bond donors (Lipinski definition) is 1. The fourth-order valence-electron chi connectivity index (χ4n) is 1.47. The minimum Gasteiger partial charge on any atom is -0.399 e. The van der Waals surface area contributed by atoms with E-state index in [1.807, 2.05) is 0 Å². The van der Waals surface area contributed by atoms with Crippen molar-refractivity contribution in [2.45, 2.75) is 10.6 Å². The smallest absolute Gasteiger partial charge is 0.123 e. The third-order valence-electron chi connectivity index (χ3n) is 2.33. The Labute approximate surface area is 102 Å². The second-order valence-electron chi connectivity index (χ2n) is 3.69. The Morgan fingerprint density at radius 1 is 1.12 bits per heavy atom. The molecule has 17 heavy (non-hydrogen) atoms. The number of nitrogen functional groups attached to an aromatic ring is 1. The molecule has 0 heterocycles. The molecule has 0 radical (unpaired) electrons. The van der Waals surface area contributed by atoms with Crippen LogP contribution in [0.2, 0.25) is 0 Å². The first-order chi connectivity index (χ1) is 8.15. The maximum absolute atomic E-state index is 12.7. The highest BCUT2D eigenvalue weighted by Crippen LogP contribution is 2.15. The second kappa shape index (κ2) is 5.10. The average Bonchev–Trinajstić information content (AvgIpc) is 2.32. The molecular formula is C13H12FNOS. The van der Waals surface area contributed by atoms with Crippen molar-refractivity contribution in [3.05, 3.63) is 59.9 Å². The molecule has 1 unspecified atom stereocenters. The average molecular weight is 249 g/mol. The van der Waals surface area contributed by atoms with Gasteiger partial charge in [-0.15, -0.1) is 0 Å². The van der Waals surface area contributed by atoms with Gasteiger partial charge in [-0.2, -0.15) is 0 Å². The van der Waals surface area contributed by atoms with Crippen molar-refractivity contribution in [3.63, 3.8) is 0 Å². The second-order valence-corrected chi connectivity index (χ2v) is 5.14. The van der Waals surface area contributed by atoms with Crippen molar-refractivity contribution in [3.8, 4) is 0 Å². The molecule has 0 aliphatic rings. The molecular weight excluding hydrogens is 237 g/mol. The quantitative estimate of drug-likeness (QED) is 0.850. The molecule has 0 bridgehead atoms. The van der Waals surface area contributed by atoms with Crippen LogP contribution in [0.3, 0.4) is 0 Å². The number of nitrogens with two attached hydrogens (primary N) is 1. The molecule has 0 aromatic heterocycles. The van der Waals surface area contributed by atoms with Crippen LogP contribution < -0.4 is 5.73 Å². The molecule has 0 amide bonds. The number of hydrogen-bond acceptors (Lipinski definition) is 2. The summed E-state index contributed by atoms with van der Waals surface area (Å²) >= 11 is 0. The predicted molar refractivity (Wildman–Crippen MR) is 67.4 cm³/mol. The zero-order valence-corrected chi connectivity index (χ0v) is 9.91. The summed E-state index contributed by atoms with van der Waals surface area (Å²) in [4.78, 5) is 0.689. The highest BCUT2D eigenvalue weighted by atomic mass is 32.2. The van der Waals surface area contributed by atoms with Crippen LogP contribution in [0.5, 0.6) is 0 Å². The first-order valence-electron chi connectivity index (χ1n) is 5.13. The van der Waals surface area contributed by atoms with Gasteiger partial charge in [-0.1, -0.05) is 18.2 Å². The Morgan fingerprint density at radius 3 is 2.47 bits per heavy atom. The summed E-state index contributed by atoms with van der Waals surface area (Å²) in [5.41, 5.74) is 7.06. The van der Waals surface area contributed by atoms with Gasteiger partial charge in [0.2, 0.25) is 0 Å². The van der Waals surface area contributed by atoms with Crippen LogP contribution in [-0.2, 0) is 16.6 Å². The summed E-state index contributed by atoms with van der Waals surface area (Å²) in [5, 5.41) is 0. The standard InChI is InChI=1S/C13H12FNOS/c14-11-6-4-10(5-7-11)9-17(16)13-3-1-2-12(15)8-13/h1-8H,9,15H2. The van der Waals surface area contributed by atoms with Crippen LogP contribution in [0.1, 0.15) is 5.56 Å². The lowest BCUT2D eigenvalue weighted by molar-refractivity contribution is 0.627. The van der Waals surface area contributed by atoms with Crippen molar-refractivity contribution < 1.29 is 8.60 Å². The fourth-order valence-corrected chi connectivity index (χ4v) is 2.63. The molecule has 2 aromatic carbocycles. The van der Waals surface area contributed by atoms with Gasteiger partial charge in [-0.25, -0.2) is 4.39 Å². The first-order valence-corrected chi connectivity index (χ1v) is 6.45. The molecule has 0 spiro atoms. The van der Waals surface area contributed by atoms with E-state index < -0.39 is 10.8 Å². The van der Waals surface area contributed by atoms with Crippen LogP contribution in [0.4, 0.5) is 10.1 Å². The molecule has 0 aliphatic carbocycles. The Kier molecular flexibility index (Phi) is 3.54. The summed E-state index contributed by atoms with van der Waals surface area (Å²) in [5.74, 6) is 0.0764. The molecule has 0 aliphatic heterocycles. The summed E-state index contributed by atoms with van der Waals surface area (Å²) in [6, 6.07) is 13.0. The third-order valence-corrected chi connectivity index (χ3v) is 3.71. The van der Waals surface area contributed by atoms with Gasteiger partial charge < -0.3 is 5.73 Å². The summed E-state index contributed by atoms with van der Waals surface area (Å²) in [6.07, 6.45) is 0. The van der Waals surface area contributed by atoms with Crippen LogP contribution in [-0.4, -0.2) is 4.21 Å². The summed E-state index contributed by atoms with van der Waals surface area (Å²) in [7, 11) is -1.15. The Balaban J connectivity index is 2.14. The molecule has 0 saturated heterocycles. The molecule has 0 fully saturated rings. The van der Waals surface area contributed by atoms with Gasteiger partial charge in [0.15, 0.2) is 0 Å². The fraction of sp³-hybridized carbons (Fsp3) is 0.0769. The summed E-state index contributed by atoms with van der Waals surface area (Å²) < 4.78 is 24.7. The lowest BCUT2D eigenvalue weighted by Crippen LogP contribution is -1.97. The highest BCUT2D eigenvalue weighted by Gasteiger charge is 2.05. The van der Waals surface area contributed by atoms with Gasteiger partial charge in [-0.05, 0) is 35.9 Å². The largest absolute Gasteiger partial charge is 0.399 e. The van der Waals surface area contributed by atoms with E-state index >= 15 is 0 Å². The number of benzene rings is 2. The van der Waals surface area contributed by atoms with Gasteiger partial charge in [0.05, 0.1) is 16.6 Å². The Morgan fingerprint density at radius 2 is 1.82 bits per heavy atom. The van der Waals surface area contributed by atoms with E-state index in [-0.39, 0.29) is 5.82 Å². The maximum Gasteiger partial charge on any atom is 0.123 e. The van der Waals surface area contributed by atoms with Gasteiger partial charge in [0.1, 0.15) is 5.82 Å². The van der Waals surface area contributed by atoms with Crippen LogP contribution >= 0.6 is 0 Å². The molecule has 2 N–H and O–H groups in total. The van der Waals surface area contributed by atoms with E-state index in [9.17, 15) is 8.60 Å². The van der Waals surface area contributed by atoms with Crippen molar-refractivity contribution in [2.75, 3.05) is 5.73 Å². The number of halogens is 1. The van der Waals surface area contributed by atoms with Gasteiger partial charge in [-0.3, -0.25) is 4.21 Å². The molecule has 4 heteroatoms. The predicted octanol–water partition coefficient (Wildman–Crippen LogP) is 2.72. The number of anilines is 1. The van der Waals surface area contributed by atoms with Gasteiger partial charge in [0.25, 0.3) is 0 Å². The zero-order valence-electron chi connectivity index (χ0n) is 9.10.